The molecule has 0 fully saturated rings. The zero-order valence-corrected chi connectivity index (χ0v) is 18.2. The number of anilines is 1. The number of quaternary nitrogens is 1. The van der Waals surface area contributed by atoms with Gasteiger partial charge in [-0.2, -0.15) is 0 Å². The SMILES string of the molecule is CCN(CC)C(=O)c1ccc(NC(=O)C[NH+](Cc2ccco2)Cc2cccs2)cc1. The third-order valence-corrected chi connectivity index (χ3v) is 5.76. The van der Waals surface area contributed by atoms with Crippen LogP contribution in [-0.2, 0) is 17.9 Å². The lowest BCUT2D eigenvalue weighted by Gasteiger charge is -2.19. The largest absolute Gasteiger partial charge is 0.463 e. The van der Waals surface area contributed by atoms with Crippen molar-refractivity contribution in [2.45, 2.75) is 26.9 Å². The van der Waals surface area contributed by atoms with Crippen molar-refractivity contribution in [3.05, 3.63) is 76.4 Å². The lowest BCUT2D eigenvalue weighted by Crippen LogP contribution is -3.10. The molecule has 1 unspecified atom stereocenters. The van der Waals surface area contributed by atoms with Crippen molar-refractivity contribution < 1.29 is 18.9 Å². The highest BCUT2D eigenvalue weighted by atomic mass is 32.1. The van der Waals surface area contributed by atoms with Crippen LogP contribution in [0, 0.1) is 0 Å². The van der Waals surface area contributed by atoms with Crippen LogP contribution in [0.15, 0.2) is 64.6 Å². The number of carbonyl (C=O) groups excluding carboxylic acids is 2. The van der Waals surface area contributed by atoms with E-state index in [0.29, 0.717) is 37.4 Å². The number of hydrogen-bond acceptors (Lipinski definition) is 4. The van der Waals surface area contributed by atoms with Gasteiger partial charge in [-0.25, -0.2) is 0 Å². The minimum atomic E-state index is -0.0732. The fourth-order valence-corrected chi connectivity index (χ4v) is 4.10. The molecule has 2 heterocycles. The fraction of sp³-hybridized carbons (Fsp3) is 0.304. The lowest BCUT2D eigenvalue weighted by atomic mass is 10.1. The maximum Gasteiger partial charge on any atom is 0.279 e. The van der Waals surface area contributed by atoms with E-state index in [1.54, 1.807) is 46.8 Å². The van der Waals surface area contributed by atoms with Gasteiger partial charge in [0.1, 0.15) is 13.1 Å². The predicted octanol–water partition coefficient (Wildman–Crippen LogP) is 3.05. The van der Waals surface area contributed by atoms with Crippen molar-refractivity contribution >= 4 is 28.8 Å². The molecule has 2 N–H and O–H groups in total. The topological polar surface area (TPSA) is 67.0 Å². The van der Waals surface area contributed by atoms with Crippen LogP contribution in [0.25, 0.3) is 0 Å². The number of nitrogens with zero attached hydrogens (tertiary/aromatic N) is 1. The van der Waals surface area contributed by atoms with Gasteiger partial charge in [0.25, 0.3) is 11.8 Å². The van der Waals surface area contributed by atoms with Gasteiger partial charge >= 0.3 is 0 Å². The Bertz CT molecular complexity index is 881. The molecule has 2 aromatic heterocycles. The van der Waals surface area contributed by atoms with Crippen LogP contribution < -0.4 is 10.2 Å². The average molecular weight is 427 g/mol. The molecule has 1 atom stereocenters. The maximum absolute atomic E-state index is 12.7. The zero-order chi connectivity index (χ0) is 21.3. The van der Waals surface area contributed by atoms with Crippen molar-refractivity contribution in [1.82, 2.24) is 4.90 Å². The van der Waals surface area contributed by atoms with Gasteiger partial charge in [0.2, 0.25) is 0 Å². The maximum atomic E-state index is 12.7. The van der Waals surface area contributed by atoms with E-state index in [4.69, 9.17) is 4.42 Å². The number of carbonyl (C=O) groups is 2. The highest BCUT2D eigenvalue weighted by Gasteiger charge is 2.18. The Morgan fingerprint density at radius 1 is 1.03 bits per heavy atom. The van der Waals surface area contributed by atoms with Gasteiger partial charge in [-0.15, -0.1) is 11.3 Å². The lowest BCUT2D eigenvalue weighted by molar-refractivity contribution is -0.920. The Kier molecular flexibility index (Phi) is 7.82. The first-order valence-electron chi connectivity index (χ1n) is 10.2. The van der Waals surface area contributed by atoms with Crippen LogP contribution in [0.1, 0.15) is 34.8 Å². The first-order valence-corrected chi connectivity index (χ1v) is 11.0. The molecule has 3 rings (SSSR count). The van der Waals surface area contributed by atoms with E-state index in [9.17, 15) is 9.59 Å². The first kappa shape index (κ1) is 21.8. The summed E-state index contributed by atoms with van der Waals surface area (Å²) in [4.78, 5) is 29.2. The molecule has 2 amide bonds. The van der Waals surface area contributed by atoms with E-state index in [2.05, 4.69) is 11.4 Å². The highest BCUT2D eigenvalue weighted by Crippen LogP contribution is 2.12. The second-order valence-corrected chi connectivity index (χ2v) is 8.07. The van der Waals surface area contributed by atoms with E-state index >= 15 is 0 Å². The summed E-state index contributed by atoms with van der Waals surface area (Å²) in [7, 11) is 0. The minimum Gasteiger partial charge on any atom is -0.463 e. The van der Waals surface area contributed by atoms with E-state index in [1.807, 2.05) is 37.4 Å². The average Bonchev–Trinajstić information content (AvgIpc) is 3.43. The summed E-state index contributed by atoms with van der Waals surface area (Å²) in [5, 5.41) is 4.99. The summed E-state index contributed by atoms with van der Waals surface area (Å²) in [6.07, 6.45) is 1.65. The molecule has 7 heteroatoms. The van der Waals surface area contributed by atoms with Crippen LogP contribution in [0.2, 0.25) is 0 Å². The standard InChI is InChI=1S/C23H27N3O3S/c1-3-26(4-2)23(28)18-9-11-19(12-10-18)24-22(27)17-25(15-20-7-5-13-29-20)16-21-8-6-14-30-21/h5-14H,3-4,15-17H2,1-2H3,(H,24,27)/p+1. The number of rotatable bonds is 10. The summed E-state index contributed by atoms with van der Waals surface area (Å²) in [6, 6.07) is 15.0. The second kappa shape index (κ2) is 10.8. The Labute approximate surface area is 181 Å². The van der Waals surface area contributed by atoms with Gasteiger partial charge in [0.05, 0.1) is 11.1 Å². The molecular weight excluding hydrogens is 398 g/mol. The quantitative estimate of drug-likeness (QED) is 0.524. The molecule has 0 aliphatic heterocycles. The molecule has 0 radical (unpaired) electrons. The van der Waals surface area contributed by atoms with Crippen LogP contribution in [0.3, 0.4) is 0 Å². The van der Waals surface area contributed by atoms with Crippen molar-refractivity contribution in [2.24, 2.45) is 0 Å². The van der Waals surface area contributed by atoms with E-state index < -0.39 is 0 Å². The molecule has 158 valence electrons. The molecule has 0 bridgehead atoms. The predicted molar refractivity (Wildman–Crippen MR) is 119 cm³/mol. The third kappa shape index (κ3) is 6.05. The van der Waals surface area contributed by atoms with Gasteiger partial charge in [-0.1, -0.05) is 6.07 Å². The minimum absolute atomic E-state index is 0.00268. The Balaban J connectivity index is 1.61. The van der Waals surface area contributed by atoms with Gasteiger partial charge < -0.3 is 19.5 Å². The van der Waals surface area contributed by atoms with Crippen LogP contribution in [0.5, 0.6) is 0 Å². The van der Waals surface area contributed by atoms with Crippen molar-refractivity contribution in [3.63, 3.8) is 0 Å². The number of benzene rings is 1. The molecule has 6 nitrogen and oxygen atoms in total. The van der Waals surface area contributed by atoms with E-state index in [1.165, 1.54) is 4.88 Å². The molecular formula is C23H28N3O3S+. The first-order chi connectivity index (χ1) is 14.6. The van der Waals surface area contributed by atoms with Crippen LogP contribution in [0.4, 0.5) is 5.69 Å². The van der Waals surface area contributed by atoms with E-state index in [-0.39, 0.29) is 11.8 Å². The van der Waals surface area contributed by atoms with Crippen LogP contribution in [-0.4, -0.2) is 36.3 Å². The molecule has 0 saturated carbocycles. The smallest absolute Gasteiger partial charge is 0.279 e. The third-order valence-electron chi connectivity index (χ3n) is 4.89. The summed E-state index contributed by atoms with van der Waals surface area (Å²) in [5.41, 5.74) is 1.31. The molecule has 3 aromatic rings. The molecule has 1 aromatic carbocycles. The van der Waals surface area contributed by atoms with Gasteiger partial charge in [0, 0.05) is 24.3 Å². The number of nitrogens with one attached hydrogen (secondary N) is 2. The van der Waals surface area contributed by atoms with Gasteiger partial charge in [-0.3, -0.25) is 9.59 Å². The van der Waals surface area contributed by atoms with Crippen molar-refractivity contribution in [2.75, 3.05) is 25.0 Å². The Morgan fingerprint density at radius 2 is 1.80 bits per heavy atom. The van der Waals surface area contributed by atoms with Crippen molar-refractivity contribution in [1.29, 1.82) is 0 Å². The van der Waals surface area contributed by atoms with Gasteiger partial charge in [0.15, 0.2) is 12.3 Å². The normalized spacial score (nSPS) is 11.8. The van der Waals surface area contributed by atoms with Crippen LogP contribution >= 0.6 is 11.3 Å². The number of hydrogen-bond donors (Lipinski definition) is 2. The summed E-state index contributed by atoms with van der Waals surface area (Å²) >= 11 is 1.69. The molecule has 0 saturated heterocycles. The number of furan rings is 1. The molecule has 0 spiro atoms. The molecule has 0 aliphatic carbocycles. The number of thiophene rings is 1. The van der Waals surface area contributed by atoms with Gasteiger partial charge in [-0.05, 0) is 61.7 Å². The summed E-state index contributed by atoms with van der Waals surface area (Å²) < 4.78 is 5.47. The van der Waals surface area contributed by atoms with E-state index in [0.717, 1.165) is 17.2 Å². The zero-order valence-electron chi connectivity index (χ0n) is 17.4. The summed E-state index contributed by atoms with van der Waals surface area (Å²) in [6.45, 7) is 6.97. The second-order valence-electron chi connectivity index (χ2n) is 7.04. The Hall–Kier alpha value is -2.90. The molecule has 0 aliphatic rings. The Morgan fingerprint density at radius 3 is 2.40 bits per heavy atom. The molecule has 30 heavy (non-hydrogen) atoms. The monoisotopic (exact) mass is 426 g/mol. The highest BCUT2D eigenvalue weighted by molar-refractivity contribution is 7.09. The fourth-order valence-electron chi connectivity index (χ4n) is 3.33. The number of amides is 2. The summed E-state index contributed by atoms with van der Waals surface area (Å²) in [5.74, 6) is 0.785. The van der Waals surface area contributed by atoms with Crippen molar-refractivity contribution in [3.8, 4) is 0 Å².